The van der Waals surface area contributed by atoms with Gasteiger partial charge in [0.05, 0.1) is 16.5 Å². The van der Waals surface area contributed by atoms with Crippen LogP contribution in [0.2, 0.25) is 0 Å². The van der Waals surface area contributed by atoms with Gasteiger partial charge in [0.1, 0.15) is 12.4 Å². The highest BCUT2D eigenvalue weighted by molar-refractivity contribution is 6.14. The van der Waals surface area contributed by atoms with E-state index in [-0.39, 0.29) is 5.69 Å². The summed E-state index contributed by atoms with van der Waals surface area (Å²) >= 11 is 0. The van der Waals surface area contributed by atoms with Crippen molar-refractivity contribution in [2.75, 3.05) is 5.32 Å². The van der Waals surface area contributed by atoms with E-state index >= 15 is 0 Å². The highest BCUT2D eigenvalue weighted by Gasteiger charge is 2.30. The quantitative estimate of drug-likeness (QED) is 0.461. The molecule has 2 heterocycles. The van der Waals surface area contributed by atoms with Crippen LogP contribution in [0.3, 0.4) is 0 Å². The number of nitrogens with one attached hydrogen (secondary N) is 2. The molecule has 5 nitrogen and oxygen atoms in total. The molecule has 0 atom stereocenters. The van der Waals surface area contributed by atoms with Gasteiger partial charge in [0.15, 0.2) is 0 Å². The van der Waals surface area contributed by atoms with Gasteiger partial charge in [-0.25, -0.2) is 0 Å². The number of aromatic amines is 1. The van der Waals surface area contributed by atoms with E-state index in [0.717, 1.165) is 17.7 Å². The predicted molar refractivity (Wildman–Crippen MR) is 106 cm³/mol. The third-order valence-electron chi connectivity index (χ3n) is 4.53. The molecule has 0 saturated carbocycles. The van der Waals surface area contributed by atoms with Crippen molar-refractivity contribution in [3.8, 4) is 5.75 Å². The van der Waals surface area contributed by atoms with Crippen LogP contribution in [0.25, 0.3) is 10.9 Å². The van der Waals surface area contributed by atoms with Crippen LogP contribution in [0.15, 0.2) is 73.2 Å². The maximum atomic E-state index is 12.8. The molecule has 0 spiro atoms. The fourth-order valence-corrected chi connectivity index (χ4v) is 3.03. The minimum absolute atomic E-state index is 0.262. The Morgan fingerprint density at radius 2 is 1.77 bits per heavy atom. The molecular formula is C22H16F3N3O2. The number of rotatable bonds is 5. The van der Waals surface area contributed by atoms with Crippen LogP contribution in [0.1, 0.15) is 21.5 Å². The number of benzene rings is 2. The fourth-order valence-electron chi connectivity index (χ4n) is 3.03. The van der Waals surface area contributed by atoms with E-state index in [9.17, 15) is 18.0 Å². The zero-order valence-electron chi connectivity index (χ0n) is 15.5. The Labute approximate surface area is 169 Å². The van der Waals surface area contributed by atoms with E-state index in [1.807, 2.05) is 18.2 Å². The number of hydrogen-bond acceptors (Lipinski definition) is 3. The van der Waals surface area contributed by atoms with Crippen molar-refractivity contribution in [1.82, 2.24) is 9.97 Å². The number of carbonyl (C=O) groups excluding carboxylic acids is 1. The van der Waals surface area contributed by atoms with Crippen molar-refractivity contribution < 1.29 is 22.7 Å². The minimum atomic E-state index is -4.43. The van der Waals surface area contributed by atoms with E-state index in [2.05, 4.69) is 15.3 Å². The standard InChI is InChI=1S/C22H16F3N3O2/c23-22(24,25)15-4-6-16(7-5-15)28-21(29)17-12-27-18-2-1-3-19(20(17)18)30-13-14-8-10-26-11-9-14/h1-12,27H,13H2,(H,28,29). The fraction of sp³-hybridized carbons (Fsp3) is 0.0909. The topological polar surface area (TPSA) is 67.0 Å². The van der Waals surface area contributed by atoms with Crippen molar-refractivity contribution in [1.29, 1.82) is 0 Å². The lowest BCUT2D eigenvalue weighted by Crippen LogP contribution is -2.12. The molecule has 2 aromatic heterocycles. The highest BCUT2D eigenvalue weighted by Crippen LogP contribution is 2.31. The minimum Gasteiger partial charge on any atom is -0.488 e. The number of hydrogen-bond donors (Lipinski definition) is 2. The van der Waals surface area contributed by atoms with Gasteiger partial charge in [0, 0.05) is 29.8 Å². The van der Waals surface area contributed by atoms with Gasteiger partial charge in [-0.3, -0.25) is 9.78 Å². The number of nitrogens with zero attached hydrogens (tertiary/aromatic N) is 1. The molecule has 2 N–H and O–H groups in total. The average molecular weight is 411 g/mol. The van der Waals surface area contributed by atoms with Crippen LogP contribution in [-0.2, 0) is 12.8 Å². The largest absolute Gasteiger partial charge is 0.488 e. The monoisotopic (exact) mass is 411 g/mol. The zero-order valence-corrected chi connectivity index (χ0v) is 15.5. The van der Waals surface area contributed by atoms with Gasteiger partial charge in [-0.1, -0.05) is 6.07 Å². The molecule has 8 heteroatoms. The van der Waals surface area contributed by atoms with Gasteiger partial charge in [0.2, 0.25) is 0 Å². The van der Waals surface area contributed by atoms with E-state index in [4.69, 9.17) is 4.74 Å². The number of halogens is 3. The van der Waals surface area contributed by atoms with Crippen LogP contribution in [-0.4, -0.2) is 15.9 Å². The first-order valence-corrected chi connectivity index (χ1v) is 9.02. The summed E-state index contributed by atoms with van der Waals surface area (Å²) in [5.74, 6) is 0.0594. The summed E-state index contributed by atoms with van der Waals surface area (Å²) in [5, 5.41) is 3.22. The van der Waals surface area contributed by atoms with Gasteiger partial charge in [0.25, 0.3) is 5.91 Å². The number of fused-ring (bicyclic) bond motifs is 1. The maximum Gasteiger partial charge on any atom is 0.416 e. The van der Waals surface area contributed by atoms with Crippen LogP contribution in [0, 0.1) is 0 Å². The number of pyridine rings is 1. The number of aromatic nitrogens is 2. The third-order valence-corrected chi connectivity index (χ3v) is 4.53. The van der Waals surface area contributed by atoms with Crippen LogP contribution < -0.4 is 10.1 Å². The summed E-state index contributed by atoms with van der Waals surface area (Å²) < 4.78 is 44.0. The molecular weight excluding hydrogens is 395 g/mol. The van der Waals surface area contributed by atoms with E-state index in [1.54, 1.807) is 30.7 Å². The molecule has 4 rings (SSSR count). The van der Waals surface area contributed by atoms with Gasteiger partial charge >= 0.3 is 6.18 Å². The molecule has 30 heavy (non-hydrogen) atoms. The van der Waals surface area contributed by atoms with Gasteiger partial charge in [-0.05, 0) is 54.1 Å². The molecule has 0 radical (unpaired) electrons. The SMILES string of the molecule is O=C(Nc1ccc(C(F)(F)F)cc1)c1c[nH]c2cccc(OCc3ccncc3)c12. The van der Waals surface area contributed by atoms with E-state index < -0.39 is 17.6 Å². The van der Waals surface area contributed by atoms with Crippen LogP contribution >= 0.6 is 0 Å². The molecule has 4 aromatic rings. The summed E-state index contributed by atoms with van der Waals surface area (Å²) in [7, 11) is 0. The molecule has 0 bridgehead atoms. The average Bonchev–Trinajstić information content (AvgIpc) is 3.18. The van der Waals surface area contributed by atoms with Crippen LogP contribution in [0.5, 0.6) is 5.75 Å². The van der Waals surface area contributed by atoms with Gasteiger partial charge in [-0.2, -0.15) is 13.2 Å². The summed E-state index contributed by atoms with van der Waals surface area (Å²) in [6, 6.07) is 13.3. The number of carbonyl (C=O) groups is 1. The van der Waals surface area contributed by atoms with Crippen molar-refractivity contribution in [3.63, 3.8) is 0 Å². The smallest absolute Gasteiger partial charge is 0.416 e. The first-order valence-electron chi connectivity index (χ1n) is 9.02. The molecule has 0 aliphatic rings. The molecule has 1 amide bonds. The van der Waals surface area contributed by atoms with Crippen molar-refractivity contribution in [3.05, 3.63) is 89.9 Å². The zero-order chi connectivity index (χ0) is 21.1. The Hall–Kier alpha value is -3.81. The van der Waals surface area contributed by atoms with Gasteiger partial charge in [-0.15, -0.1) is 0 Å². The third kappa shape index (κ3) is 4.12. The Morgan fingerprint density at radius 1 is 1.03 bits per heavy atom. The molecule has 0 aliphatic carbocycles. The molecule has 0 unspecified atom stereocenters. The van der Waals surface area contributed by atoms with Crippen molar-refractivity contribution >= 4 is 22.5 Å². The normalized spacial score (nSPS) is 11.4. The number of ether oxygens (including phenoxy) is 1. The van der Waals surface area contributed by atoms with Gasteiger partial charge < -0.3 is 15.0 Å². The highest BCUT2D eigenvalue weighted by atomic mass is 19.4. The molecule has 2 aromatic carbocycles. The number of anilines is 1. The van der Waals surface area contributed by atoms with Crippen molar-refractivity contribution in [2.45, 2.75) is 12.8 Å². The second kappa shape index (κ2) is 7.90. The second-order valence-corrected chi connectivity index (χ2v) is 6.55. The van der Waals surface area contributed by atoms with Crippen molar-refractivity contribution in [2.24, 2.45) is 0 Å². The Balaban J connectivity index is 1.57. The number of amides is 1. The number of H-pyrrole nitrogens is 1. The van der Waals surface area contributed by atoms with E-state index in [1.165, 1.54) is 12.1 Å². The first-order chi connectivity index (χ1) is 14.4. The second-order valence-electron chi connectivity index (χ2n) is 6.55. The lowest BCUT2D eigenvalue weighted by atomic mass is 10.1. The van der Waals surface area contributed by atoms with Crippen LogP contribution in [0.4, 0.5) is 18.9 Å². The Morgan fingerprint density at radius 3 is 2.47 bits per heavy atom. The molecule has 152 valence electrons. The molecule has 0 fully saturated rings. The Kier molecular flexibility index (Phi) is 5.14. The lowest BCUT2D eigenvalue weighted by Gasteiger charge is -2.10. The number of alkyl halides is 3. The Bertz CT molecular complexity index is 1170. The lowest BCUT2D eigenvalue weighted by molar-refractivity contribution is -0.137. The first kappa shape index (κ1) is 19.5. The maximum absolute atomic E-state index is 12.8. The predicted octanol–water partition coefficient (Wildman–Crippen LogP) is 5.41. The van der Waals surface area contributed by atoms with E-state index in [0.29, 0.717) is 28.8 Å². The summed E-state index contributed by atoms with van der Waals surface area (Å²) in [6.07, 6.45) is 0.445. The molecule has 0 aliphatic heterocycles. The molecule has 0 saturated heterocycles. The summed E-state index contributed by atoms with van der Waals surface area (Å²) in [4.78, 5) is 19.8. The summed E-state index contributed by atoms with van der Waals surface area (Å²) in [6.45, 7) is 0.298. The summed E-state index contributed by atoms with van der Waals surface area (Å²) in [5.41, 5.74) is 1.44.